The maximum Gasteiger partial charge on any atom is 0.223 e. The van der Waals surface area contributed by atoms with Gasteiger partial charge in [0.2, 0.25) is 5.91 Å². The van der Waals surface area contributed by atoms with E-state index in [0.717, 1.165) is 51.0 Å². The van der Waals surface area contributed by atoms with Gasteiger partial charge in [0, 0.05) is 24.4 Å². The first kappa shape index (κ1) is 20.6. The van der Waals surface area contributed by atoms with Crippen LogP contribution in [-0.2, 0) is 16.8 Å². The Labute approximate surface area is 185 Å². The molecule has 1 saturated heterocycles. The summed E-state index contributed by atoms with van der Waals surface area (Å²) in [5.41, 5.74) is 2.90. The number of rotatable bonds is 6. The monoisotopic (exact) mass is 418 g/mol. The summed E-state index contributed by atoms with van der Waals surface area (Å²) < 4.78 is 0. The molecule has 0 bridgehead atoms. The normalized spacial score (nSPS) is 24.2. The molecule has 1 aliphatic heterocycles. The fraction of sp³-hybridized carbons (Fsp3) is 0.519. The van der Waals surface area contributed by atoms with Gasteiger partial charge in [0.25, 0.3) is 0 Å². The molecule has 4 heteroatoms. The number of amides is 1. The Balaban J connectivity index is 1.14. The van der Waals surface area contributed by atoms with Crippen molar-refractivity contribution >= 4 is 5.91 Å². The van der Waals surface area contributed by atoms with Crippen LogP contribution >= 0.6 is 0 Å². The third-order valence-corrected chi connectivity index (χ3v) is 8.22. The molecule has 0 aromatic heterocycles. The minimum absolute atomic E-state index is 0.129. The number of likely N-dealkylation sites (tertiary alicyclic amines) is 1. The van der Waals surface area contributed by atoms with Crippen LogP contribution in [0.4, 0.5) is 0 Å². The van der Waals surface area contributed by atoms with Crippen molar-refractivity contribution in [1.82, 2.24) is 10.2 Å². The zero-order chi connectivity index (χ0) is 21.3. The molecule has 2 aliphatic carbocycles. The van der Waals surface area contributed by atoms with Crippen molar-refractivity contribution < 1.29 is 9.90 Å². The second-order valence-electron chi connectivity index (χ2n) is 10.1. The molecule has 2 N–H and O–H groups in total. The van der Waals surface area contributed by atoms with Gasteiger partial charge in [0.1, 0.15) is 5.75 Å². The first-order valence-electron chi connectivity index (χ1n) is 11.9. The largest absolute Gasteiger partial charge is 0.508 e. The molecule has 2 aromatic carbocycles. The molecule has 5 rings (SSSR count). The summed E-state index contributed by atoms with van der Waals surface area (Å²) in [6.07, 6.45) is 8.13. The van der Waals surface area contributed by atoms with E-state index in [1.165, 1.54) is 31.2 Å². The van der Waals surface area contributed by atoms with E-state index < -0.39 is 0 Å². The van der Waals surface area contributed by atoms with E-state index >= 15 is 0 Å². The highest BCUT2D eigenvalue weighted by Gasteiger charge is 2.58. The summed E-state index contributed by atoms with van der Waals surface area (Å²) in [7, 11) is 0. The van der Waals surface area contributed by atoms with E-state index in [1.807, 2.05) is 12.1 Å². The van der Waals surface area contributed by atoms with Crippen molar-refractivity contribution in [3.8, 4) is 5.75 Å². The molecule has 2 saturated carbocycles. The fourth-order valence-corrected chi connectivity index (χ4v) is 6.13. The van der Waals surface area contributed by atoms with E-state index in [-0.39, 0.29) is 22.7 Å². The van der Waals surface area contributed by atoms with Gasteiger partial charge in [0.05, 0.1) is 0 Å². The van der Waals surface area contributed by atoms with Gasteiger partial charge in [-0.3, -0.25) is 9.69 Å². The van der Waals surface area contributed by atoms with Crippen molar-refractivity contribution in [2.24, 2.45) is 11.3 Å². The zero-order valence-electron chi connectivity index (χ0n) is 18.4. The second kappa shape index (κ2) is 8.31. The van der Waals surface area contributed by atoms with Gasteiger partial charge >= 0.3 is 0 Å². The van der Waals surface area contributed by atoms with Crippen LogP contribution in [0.5, 0.6) is 5.75 Å². The molecule has 1 heterocycles. The minimum Gasteiger partial charge on any atom is -0.508 e. The third-order valence-electron chi connectivity index (χ3n) is 8.22. The van der Waals surface area contributed by atoms with Gasteiger partial charge in [-0.25, -0.2) is 0 Å². The molecular formula is C27H34N2O2. The SMILES string of the molecule is O=C(NCC1(c2ccccc2)CCCC1)[C@H]1CC12CCN(Cc1cccc(O)c1)CC2. The van der Waals surface area contributed by atoms with E-state index in [0.29, 0.717) is 5.75 Å². The van der Waals surface area contributed by atoms with E-state index in [4.69, 9.17) is 0 Å². The average Bonchev–Trinajstić information content (AvgIpc) is 3.27. The molecule has 3 aliphatic rings. The average molecular weight is 419 g/mol. The molecule has 1 amide bonds. The molecule has 1 spiro atoms. The summed E-state index contributed by atoms with van der Waals surface area (Å²) in [6.45, 7) is 3.73. The van der Waals surface area contributed by atoms with E-state index in [9.17, 15) is 9.90 Å². The lowest BCUT2D eigenvalue weighted by Crippen LogP contribution is -2.41. The number of phenolic OH excluding ortho intramolecular Hbond substituents is 1. The Bertz CT molecular complexity index is 912. The molecule has 4 nitrogen and oxygen atoms in total. The summed E-state index contributed by atoms with van der Waals surface area (Å²) in [4.78, 5) is 15.5. The minimum atomic E-state index is 0.129. The highest BCUT2D eigenvalue weighted by molar-refractivity contribution is 5.82. The standard InChI is InChI=1S/C27H34N2O2/c30-23-10-6-7-21(17-23)19-29-15-13-26(14-16-29)18-24(26)25(31)28-20-27(11-4-5-12-27)22-8-2-1-3-9-22/h1-3,6-10,17,24,30H,4-5,11-16,18-20H2,(H,28,31)/t24-/m1/s1. The van der Waals surface area contributed by atoms with E-state index in [1.54, 1.807) is 6.07 Å². The first-order valence-corrected chi connectivity index (χ1v) is 11.9. The number of nitrogens with zero attached hydrogens (tertiary/aromatic N) is 1. The Morgan fingerprint density at radius 2 is 1.74 bits per heavy atom. The summed E-state index contributed by atoms with van der Waals surface area (Å²) >= 11 is 0. The number of nitrogens with one attached hydrogen (secondary N) is 1. The number of piperidine rings is 1. The Kier molecular flexibility index (Phi) is 5.51. The Hall–Kier alpha value is -2.33. The van der Waals surface area contributed by atoms with Gasteiger partial charge in [-0.1, -0.05) is 55.3 Å². The topological polar surface area (TPSA) is 52.6 Å². The number of hydrogen-bond acceptors (Lipinski definition) is 3. The van der Waals surface area contributed by atoms with Crippen LogP contribution in [-0.4, -0.2) is 35.5 Å². The quantitative estimate of drug-likeness (QED) is 0.720. The maximum atomic E-state index is 13.1. The smallest absolute Gasteiger partial charge is 0.223 e. The molecule has 0 unspecified atom stereocenters. The fourth-order valence-electron chi connectivity index (χ4n) is 6.13. The van der Waals surface area contributed by atoms with Crippen molar-refractivity contribution in [3.63, 3.8) is 0 Å². The Morgan fingerprint density at radius 3 is 2.45 bits per heavy atom. The van der Waals surface area contributed by atoms with Gasteiger partial charge in [-0.05, 0) is 73.9 Å². The lowest BCUT2D eigenvalue weighted by atomic mass is 9.78. The van der Waals surface area contributed by atoms with Gasteiger partial charge in [-0.2, -0.15) is 0 Å². The molecule has 164 valence electrons. The van der Waals surface area contributed by atoms with Crippen LogP contribution in [0.2, 0.25) is 0 Å². The number of carbonyl (C=O) groups excluding carboxylic acids is 1. The van der Waals surface area contributed by atoms with Crippen molar-refractivity contribution in [2.75, 3.05) is 19.6 Å². The zero-order valence-corrected chi connectivity index (χ0v) is 18.4. The van der Waals surface area contributed by atoms with Crippen LogP contribution in [0.25, 0.3) is 0 Å². The molecule has 1 atom stereocenters. The van der Waals surface area contributed by atoms with Gasteiger partial charge in [0.15, 0.2) is 0 Å². The highest BCUT2D eigenvalue weighted by Crippen LogP contribution is 2.59. The van der Waals surface area contributed by atoms with Crippen molar-refractivity contribution in [3.05, 3.63) is 65.7 Å². The van der Waals surface area contributed by atoms with E-state index in [2.05, 4.69) is 46.6 Å². The predicted octanol–water partition coefficient (Wildman–Crippen LogP) is 4.62. The summed E-state index contributed by atoms with van der Waals surface area (Å²) in [5.74, 6) is 0.814. The summed E-state index contributed by atoms with van der Waals surface area (Å²) in [6, 6.07) is 18.3. The lowest BCUT2D eigenvalue weighted by Gasteiger charge is -2.33. The van der Waals surface area contributed by atoms with Crippen LogP contribution in [0.3, 0.4) is 0 Å². The Morgan fingerprint density at radius 1 is 1.00 bits per heavy atom. The number of aromatic hydroxyl groups is 1. The van der Waals surface area contributed by atoms with Crippen LogP contribution in [0.15, 0.2) is 54.6 Å². The number of hydrogen-bond donors (Lipinski definition) is 2. The molecule has 2 aromatic rings. The first-order chi connectivity index (χ1) is 15.1. The predicted molar refractivity (Wildman–Crippen MR) is 123 cm³/mol. The van der Waals surface area contributed by atoms with Crippen molar-refractivity contribution in [2.45, 2.75) is 56.9 Å². The van der Waals surface area contributed by atoms with Crippen LogP contribution in [0, 0.1) is 11.3 Å². The molecule has 0 radical (unpaired) electrons. The van der Waals surface area contributed by atoms with Crippen molar-refractivity contribution in [1.29, 1.82) is 0 Å². The summed E-state index contributed by atoms with van der Waals surface area (Å²) in [5, 5.41) is 13.1. The van der Waals surface area contributed by atoms with Gasteiger partial charge < -0.3 is 10.4 Å². The second-order valence-corrected chi connectivity index (χ2v) is 10.1. The number of phenols is 1. The molecular weight excluding hydrogens is 384 g/mol. The van der Waals surface area contributed by atoms with Gasteiger partial charge in [-0.15, -0.1) is 0 Å². The van der Waals surface area contributed by atoms with Crippen LogP contribution < -0.4 is 5.32 Å². The maximum absolute atomic E-state index is 13.1. The van der Waals surface area contributed by atoms with Crippen LogP contribution in [0.1, 0.15) is 56.1 Å². The molecule has 31 heavy (non-hydrogen) atoms. The third kappa shape index (κ3) is 4.23. The highest BCUT2D eigenvalue weighted by atomic mass is 16.3. The number of carbonyl (C=O) groups is 1. The molecule has 3 fully saturated rings. The lowest BCUT2D eigenvalue weighted by molar-refractivity contribution is -0.123. The number of benzene rings is 2.